The fourth-order valence-electron chi connectivity index (χ4n) is 0.797. The van der Waals surface area contributed by atoms with Crippen LogP contribution in [0.25, 0.3) is 0 Å². The van der Waals surface area contributed by atoms with Gasteiger partial charge >= 0.3 is 0 Å². The van der Waals surface area contributed by atoms with E-state index in [1.165, 1.54) is 12.1 Å². The van der Waals surface area contributed by atoms with Gasteiger partial charge in [-0.05, 0) is 18.2 Å². The number of hydrogen-bond donors (Lipinski definition) is 1. The van der Waals surface area contributed by atoms with Crippen LogP contribution in [0.1, 0.15) is 12.0 Å². The van der Waals surface area contributed by atoms with Gasteiger partial charge in [-0.2, -0.15) is 0 Å². The molecule has 3 heteroatoms. The van der Waals surface area contributed by atoms with Gasteiger partial charge in [0, 0.05) is 0 Å². The minimum absolute atomic E-state index is 0.0446. The Bertz CT molecular complexity index is 374. The molecule has 0 aliphatic rings. The number of phenols is 1. The van der Waals surface area contributed by atoms with Gasteiger partial charge in [-0.3, -0.25) is 0 Å². The zero-order valence-corrected chi connectivity index (χ0v) is 6.75. The summed E-state index contributed by atoms with van der Waals surface area (Å²) >= 11 is 0. The van der Waals surface area contributed by atoms with Crippen molar-refractivity contribution in [1.29, 1.82) is 0 Å². The Hall–Kier alpha value is -1.82. The van der Waals surface area contributed by atoms with Crippen LogP contribution in [0.3, 0.4) is 0 Å². The molecule has 0 aliphatic carbocycles. The van der Waals surface area contributed by atoms with Crippen LogP contribution < -0.4 is 0 Å². The average Bonchev–Trinajstić information content (AvgIpc) is 2.11. The molecular weight excluding hydrogens is 171 g/mol. The first kappa shape index (κ1) is 9.27. The Morgan fingerprint density at radius 2 is 2.31 bits per heavy atom. The molecule has 0 amide bonds. The molecular formula is C10H7FO2. The van der Waals surface area contributed by atoms with Crippen molar-refractivity contribution in [2.45, 2.75) is 6.42 Å². The summed E-state index contributed by atoms with van der Waals surface area (Å²) in [5.41, 5.74) is 0.0989. The van der Waals surface area contributed by atoms with Gasteiger partial charge in [0.25, 0.3) is 0 Å². The molecule has 0 fully saturated rings. The van der Waals surface area contributed by atoms with Crippen LogP contribution in [-0.4, -0.2) is 11.4 Å². The van der Waals surface area contributed by atoms with Crippen molar-refractivity contribution >= 4 is 6.29 Å². The molecule has 0 saturated heterocycles. The lowest BCUT2D eigenvalue weighted by Crippen LogP contribution is -1.82. The molecule has 0 spiro atoms. The molecule has 0 aromatic heterocycles. The molecule has 1 N–H and O–H groups in total. The number of hydrogen-bond acceptors (Lipinski definition) is 2. The Balaban J connectivity index is 2.95. The van der Waals surface area contributed by atoms with Crippen LogP contribution in [0.2, 0.25) is 0 Å². The fourth-order valence-corrected chi connectivity index (χ4v) is 0.797. The summed E-state index contributed by atoms with van der Waals surface area (Å²) in [6, 6.07) is 3.58. The highest BCUT2D eigenvalue weighted by Gasteiger charge is 1.98. The van der Waals surface area contributed by atoms with Gasteiger partial charge in [-0.25, -0.2) is 4.39 Å². The van der Waals surface area contributed by atoms with Crippen LogP contribution in [0.15, 0.2) is 18.2 Å². The van der Waals surface area contributed by atoms with Crippen LogP contribution in [-0.2, 0) is 4.79 Å². The minimum Gasteiger partial charge on any atom is -0.508 e. The van der Waals surface area contributed by atoms with Crippen LogP contribution in [0.5, 0.6) is 5.75 Å². The first-order valence-electron chi connectivity index (χ1n) is 3.65. The number of halogens is 1. The van der Waals surface area contributed by atoms with Crippen molar-refractivity contribution in [2.75, 3.05) is 0 Å². The van der Waals surface area contributed by atoms with Gasteiger partial charge in [0.1, 0.15) is 17.9 Å². The molecule has 66 valence electrons. The molecule has 0 atom stereocenters. The molecule has 0 radical (unpaired) electrons. The highest BCUT2D eigenvalue weighted by molar-refractivity contribution is 5.55. The van der Waals surface area contributed by atoms with Gasteiger partial charge in [0.15, 0.2) is 0 Å². The Morgan fingerprint density at radius 3 is 3.00 bits per heavy atom. The van der Waals surface area contributed by atoms with Gasteiger partial charge < -0.3 is 9.90 Å². The molecule has 1 aromatic rings. The highest BCUT2D eigenvalue weighted by atomic mass is 19.1. The number of aromatic hydroxyl groups is 1. The first-order valence-corrected chi connectivity index (χ1v) is 3.65. The minimum atomic E-state index is -0.504. The normalized spacial score (nSPS) is 8.69. The van der Waals surface area contributed by atoms with Crippen molar-refractivity contribution in [2.24, 2.45) is 0 Å². The third-order valence-electron chi connectivity index (χ3n) is 1.36. The van der Waals surface area contributed by atoms with Crippen molar-refractivity contribution in [1.82, 2.24) is 0 Å². The molecule has 1 aromatic carbocycles. The average molecular weight is 178 g/mol. The molecule has 0 aliphatic heterocycles. The smallest absolute Gasteiger partial charge is 0.139 e. The highest BCUT2D eigenvalue weighted by Crippen LogP contribution is 2.13. The maximum atomic E-state index is 12.9. The van der Waals surface area contributed by atoms with Gasteiger partial charge in [0.05, 0.1) is 12.0 Å². The van der Waals surface area contributed by atoms with Crippen LogP contribution >= 0.6 is 0 Å². The van der Waals surface area contributed by atoms with E-state index in [1.807, 2.05) is 0 Å². The summed E-state index contributed by atoms with van der Waals surface area (Å²) in [6.45, 7) is 0. The lowest BCUT2D eigenvalue weighted by atomic mass is 10.2. The van der Waals surface area contributed by atoms with E-state index in [2.05, 4.69) is 11.8 Å². The zero-order valence-electron chi connectivity index (χ0n) is 6.75. The lowest BCUT2D eigenvalue weighted by Gasteiger charge is -1.94. The largest absolute Gasteiger partial charge is 0.508 e. The van der Waals surface area contributed by atoms with E-state index in [0.717, 1.165) is 6.07 Å². The van der Waals surface area contributed by atoms with Gasteiger partial charge in [-0.1, -0.05) is 11.8 Å². The number of phenolic OH excluding ortho intramolecular Hbond substituents is 1. The third kappa shape index (κ3) is 2.60. The summed E-state index contributed by atoms with van der Waals surface area (Å²) < 4.78 is 12.9. The Labute approximate surface area is 75.0 Å². The fraction of sp³-hybridized carbons (Fsp3) is 0.100. The summed E-state index contributed by atoms with van der Waals surface area (Å²) in [6.07, 6.45) is 0.697. The molecule has 1 rings (SSSR count). The molecule has 0 unspecified atom stereocenters. The Kier molecular flexibility index (Phi) is 3.04. The van der Waals surface area contributed by atoms with Gasteiger partial charge in [0.2, 0.25) is 0 Å². The second-order valence-electron chi connectivity index (χ2n) is 2.34. The van der Waals surface area contributed by atoms with E-state index in [0.29, 0.717) is 6.29 Å². The van der Waals surface area contributed by atoms with E-state index in [1.54, 1.807) is 0 Å². The van der Waals surface area contributed by atoms with E-state index in [9.17, 15) is 9.18 Å². The molecule has 0 saturated carbocycles. The topological polar surface area (TPSA) is 37.3 Å². The van der Waals surface area contributed by atoms with Crippen LogP contribution in [0, 0.1) is 17.7 Å². The standard InChI is InChI=1S/C10H7FO2/c11-10-5-4-9(13)7-8(10)3-1-2-6-12/h4-7,13H,2H2. The number of aldehydes is 1. The van der Waals surface area contributed by atoms with Crippen molar-refractivity contribution in [3.8, 4) is 17.6 Å². The second kappa shape index (κ2) is 4.27. The summed E-state index contributed by atoms with van der Waals surface area (Å²) in [4.78, 5) is 9.90. The number of benzene rings is 1. The van der Waals surface area contributed by atoms with Crippen molar-refractivity contribution in [3.63, 3.8) is 0 Å². The SMILES string of the molecule is O=CCC#Cc1cc(O)ccc1F. The lowest BCUT2D eigenvalue weighted by molar-refractivity contribution is -0.107. The van der Waals surface area contributed by atoms with E-state index >= 15 is 0 Å². The predicted molar refractivity (Wildman–Crippen MR) is 45.6 cm³/mol. The van der Waals surface area contributed by atoms with E-state index in [4.69, 9.17) is 5.11 Å². The number of carbonyl (C=O) groups is 1. The van der Waals surface area contributed by atoms with E-state index in [-0.39, 0.29) is 17.7 Å². The second-order valence-corrected chi connectivity index (χ2v) is 2.34. The van der Waals surface area contributed by atoms with E-state index < -0.39 is 5.82 Å². The predicted octanol–water partition coefficient (Wildman–Crippen LogP) is 1.47. The number of carbonyl (C=O) groups excluding carboxylic acids is 1. The van der Waals surface area contributed by atoms with Crippen molar-refractivity contribution < 1.29 is 14.3 Å². The first-order chi connectivity index (χ1) is 6.24. The summed E-state index contributed by atoms with van der Waals surface area (Å²) in [5.74, 6) is 4.34. The van der Waals surface area contributed by atoms with Crippen LogP contribution in [0.4, 0.5) is 4.39 Å². The third-order valence-corrected chi connectivity index (χ3v) is 1.36. The molecule has 13 heavy (non-hydrogen) atoms. The molecule has 0 heterocycles. The van der Waals surface area contributed by atoms with Crippen molar-refractivity contribution in [3.05, 3.63) is 29.6 Å². The molecule has 0 bridgehead atoms. The number of rotatable bonds is 1. The monoisotopic (exact) mass is 178 g/mol. The Morgan fingerprint density at radius 1 is 1.54 bits per heavy atom. The maximum Gasteiger partial charge on any atom is 0.139 e. The summed E-state index contributed by atoms with van der Waals surface area (Å²) in [7, 11) is 0. The van der Waals surface area contributed by atoms with Gasteiger partial charge in [-0.15, -0.1) is 0 Å². The zero-order chi connectivity index (χ0) is 9.68. The summed E-state index contributed by atoms with van der Waals surface area (Å²) in [5, 5.41) is 8.99. The molecule has 2 nitrogen and oxygen atoms in total. The maximum absolute atomic E-state index is 12.9. The quantitative estimate of drug-likeness (QED) is 0.522.